The normalized spacial score (nSPS) is 11.1. The standard InChI is InChI=1S/C8H12N2S/c1-2-10-7-8(6-9-10)4-3-5-11/h3-4,6-7,11H,2,5H2,1H3. The zero-order valence-electron chi connectivity index (χ0n) is 6.57. The number of hydrogen-bond acceptors (Lipinski definition) is 2. The van der Waals surface area contributed by atoms with E-state index in [9.17, 15) is 0 Å². The molecule has 0 N–H and O–H groups in total. The van der Waals surface area contributed by atoms with Crippen LogP contribution in [0.2, 0.25) is 0 Å². The van der Waals surface area contributed by atoms with Gasteiger partial charge in [0.05, 0.1) is 6.20 Å². The van der Waals surface area contributed by atoms with Crippen LogP contribution in [-0.4, -0.2) is 15.5 Å². The third-order valence-corrected chi connectivity index (χ3v) is 1.60. The van der Waals surface area contributed by atoms with Crippen LogP contribution in [0.25, 0.3) is 6.08 Å². The van der Waals surface area contributed by atoms with Crippen LogP contribution in [0.15, 0.2) is 18.5 Å². The van der Waals surface area contributed by atoms with Gasteiger partial charge < -0.3 is 0 Å². The van der Waals surface area contributed by atoms with Crippen molar-refractivity contribution in [3.05, 3.63) is 24.0 Å². The predicted octanol–water partition coefficient (Wildman–Crippen LogP) is 1.85. The molecule has 11 heavy (non-hydrogen) atoms. The second kappa shape index (κ2) is 4.23. The summed E-state index contributed by atoms with van der Waals surface area (Å²) in [5.74, 6) is 0.775. The highest BCUT2D eigenvalue weighted by atomic mass is 32.1. The molecule has 1 heterocycles. The fourth-order valence-electron chi connectivity index (χ4n) is 0.827. The number of rotatable bonds is 3. The van der Waals surface area contributed by atoms with Crippen LogP contribution in [-0.2, 0) is 6.54 Å². The molecule has 0 unspecified atom stereocenters. The molecule has 0 bridgehead atoms. The minimum absolute atomic E-state index is 0.775. The Bertz CT molecular complexity index is 240. The van der Waals surface area contributed by atoms with Gasteiger partial charge in [0.25, 0.3) is 0 Å². The molecule has 0 fully saturated rings. The summed E-state index contributed by atoms with van der Waals surface area (Å²) < 4.78 is 1.90. The van der Waals surface area contributed by atoms with E-state index in [0.717, 1.165) is 17.9 Å². The van der Waals surface area contributed by atoms with Crippen molar-refractivity contribution in [3.63, 3.8) is 0 Å². The number of thiol groups is 1. The van der Waals surface area contributed by atoms with Gasteiger partial charge in [-0.1, -0.05) is 12.2 Å². The van der Waals surface area contributed by atoms with Crippen LogP contribution in [0.3, 0.4) is 0 Å². The molecule has 0 aliphatic heterocycles. The smallest absolute Gasteiger partial charge is 0.0562 e. The van der Waals surface area contributed by atoms with Crippen LogP contribution in [0.4, 0.5) is 0 Å². The SMILES string of the molecule is CCn1cc(C=CCS)cn1. The Morgan fingerprint density at radius 3 is 3.09 bits per heavy atom. The molecule has 0 atom stereocenters. The van der Waals surface area contributed by atoms with Crippen molar-refractivity contribution in [3.8, 4) is 0 Å². The molecule has 1 aromatic rings. The van der Waals surface area contributed by atoms with Gasteiger partial charge in [0.2, 0.25) is 0 Å². The van der Waals surface area contributed by atoms with E-state index in [1.807, 2.05) is 29.2 Å². The highest BCUT2D eigenvalue weighted by Gasteiger charge is 1.90. The third kappa shape index (κ3) is 2.42. The Kier molecular flexibility index (Phi) is 3.23. The van der Waals surface area contributed by atoms with E-state index in [1.54, 1.807) is 0 Å². The summed E-state index contributed by atoms with van der Waals surface area (Å²) in [6, 6.07) is 0. The molecule has 2 nitrogen and oxygen atoms in total. The molecule has 3 heteroatoms. The van der Waals surface area contributed by atoms with E-state index in [-0.39, 0.29) is 0 Å². The molecule has 0 aliphatic carbocycles. The summed E-state index contributed by atoms with van der Waals surface area (Å²) in [6.07, 6.45) is 7.88. The van der Waals surface area contributed by atoms with Crippen molar-refractivity contribution in [1.82, 2.24) is 9.78 Å². The van der Waals surface area contributed by atoms with Crippen molar-refractivity contribution in [2.24, 2.45) is 0 Å². The molecular formula is C8H12N2S. The zero-order chi connectivity index (χ0) is 8.10. The zero-order valence-corrected chi connectivity index (χ0v) is 7.46. The van der Waals surface area contributed by atoms with E-state index in [1.165, 1.54) is 0 Å². The van der Waals surface area contributed by atoms with Gasteiger partial charge in [0.1, 0.15) is 0 Å². The Hall–Kier alpha value is -0.700. The lowest BCUT2D eigenvalue weighted by Gasteiger charge is -1.89. The summed E-state index contributed by atoms with van der Waals surface area (Å²) in [6.45, 7) is 2.99. The van der Waals surface area contributed by atoms with E-state index in [4.69, 9.17) is 0 Å². The molecule has 0 aliphatic rings. The number of nitrogens with zero attached hydrogens (tertiary/aromatic N) is 2. The molecule has 0 radical (unpaired) electrons. The molecule has 1 rings (SSSR count). The highest BCUT2D eigenvalue weighted by molar-refractivity contribution is 7.80. The van der Waals surface area contributed by atoms with Gasteiger partial charge >= 0.3 is 0 Å². The fraction of sp³-hybridized carbons (Fsp3) is 0.375. The highest BCUT2D eigenvalue weighted by Crippen LogP contribution is 2.00. The molecule has 0 aromatic carbocycles. The first-order valence-corrected chi connectivity index (χ1v) is 4.30. The maximum atomic E-state index is 4.13. The number of aryl methyl sites for hydroxylation is 1. The first kappa shape index (κ1) is 8.40. The van der Waals surface area contributed by atoms with Gasteiger partial charge in [0, 0.05) is 24.1 Å². The van der Waals surface area contributed by atoms with Crippen molar-refractivity contribution in [2.45, 2.75) is 13.5 Å². The van der Waals surface area contributed by atoms with Gasteiger partial charge in [0.15, 0.2) is 0 Å². The van der Waals surface area contributed by atoms with Gasteiger partial charge in [-0.05, 0) is 6.92 Å². The minimum Gasteiger partial charge on any atom is -0.272 e. The molecule has 0 spiro atoms. The van der Waals surface area contributed by atoms with E-state index < -0.39 is 0 Å². The van der Waals surface area contributed by atoms with Crippen molar-refractivity contribution in [1.29, 1.82) is 0 Å². The lowest BCUT2D eigenvalue weighted by Crippen LogP contribution is -1.91. The van der Waals surface area contributed by atoms with Gasteiger partial charge in [-0.25, -0.2) is 0 Å². The molecular weight excluding hydrogens is 156 g/mol. The molecule has 0 saturated carbocycles. The van der Waals surface area contributed by atoms with Gasteiger partial charge in [-0.3, -0.25) is 4.68 Å². The van der Waals surface area contributed by atoms with Crippen LogP contribution in [0.1, 0.15) is 12.5 Å². The lowest BCUT2D eigenvalue weighted by molar-refractivity contribution is 0.660. The number of aromatic nitrogens is 2. The predicted molar refractivity (Wildman–Crippen MR) is 50.8 cm³/mol. The third-order valence-electron chi connectivity index (χ3n) is 1.39. The summed E-state index contributed by atoms with van der Waals surface area (Å²) in [7, 11) is 0. The molecule has 0 saturated heterocycles. The Balaban J connectivity index is 2.65. The monoisotopic (exact) mass is 168 g/mol. The van der Waals surface area contributed by atoms with Crippen LogP contribution >= 0.6 is 12.6 Å². The maximum absolute atomic E-state index is 4.13. The van der Waals surface area contributed by atoms with Gasteiger partial charge in [-0.2, -0.15) is 17.7 Å². The minimum atomic E-state index is 0.775. The average molecular weight is 168 g/mol. The topological polar surface area (TPSA) is 17.8 Å². The van der Waals surface area contributed by atoms with E-state index >= 15 is 0 Å². The van der Waals surface area contributed by atoms with Gasteiger partial charge in [-0.15, -0.1) is 0 Å². The van der Waals surface area contributed by atoms with Crippen LogP contribution in [0, 0.1) is 0 Å². The number of hydrogen-bond donors (Lipinski definition) is 1. The average Bonchev–Trinajstić information content (AvgIpc) is 2.48. The summed E-state index contributed by atoms with van der Waals surface area (Å²) in [5.41, 5.74) is 1.14. The first-order chi connectivity index (χ1) is 5.36. The largest absolute Gasteiger partial charge is 0.272 e. The second-order valence-electron chi connectivity index (χ2n) is 2.21. The summed E-state index contributed by atoms with van der Waals surface area (Å²) >= 11 is 4.07. The van der Waals surface area contributed by atoms with Crippen LogP contribution < -0.4 is 0 Å². The first-order valence-electron chi connectivity index (χ1n) is 3.66. The Morgan fingerprint density at radius 1 is 1.73 bits per heavy atom. The summed E-state index contributed by atoms with van der Waals surface area (Å²) in [4.78, 5) is 0. The van der Waals surface area contributed by atoms with E-state index in [0.29, 0.717) is 0 Å². The van der Waals surface area contributed by atoms with Crippen molar-refractivity contribution >= 4 is 18.7 Å². The molecule has 0 amide bonds. The maximum Gasteiger partial charge on any atom is 0.0562 e. The fourth-order valence-corrected chi connectivity index (χ4v) is 0.933. The van der Waals surface area contributed by atoms with E-state index in [2.05, 4.69) is 24.7 Å². The lowest BCUT2D eigenvalue weighted by atomic mass is 10.3. The van der Waals surface area contributed by atoms with Crippen molar-refractivity contribution < 1.29 is 0 Å². The molecule has 1 aromatic heterocycles. The Labute approximate surface area is 72.3 Å². The second-order valence-corrected chi connectivity index (χ2v) is 2.58. The quantitative estimate of drug-likeness (QED) is 0.682. The van der Waals surface area contributed by atoms with Crippen LogP contribution in [0.5, 0.6) is 0 Å². The molecule has 60 valence electrons. The summed E-state index contributed by atoms with van der Waals surface area (Å²) in [5, 5.41) is 4.13. The van der Waals surface area contributed by atoms with Crippen molar-refractivity contribution in [2.75, 3.05) is 5.75 Å². The Morgan fingerprint density at radius 2 is 2.55 bits per heavy atom.